The first kappa shape index (κ1) is 10.4. The third kappa shape index (κ3) is 9.37. The second-order valence-corrected chi connectivity index (χ2v) is 3.07. The fraction of sp³-hybridized carbons (Fsp3) is 0.667. The van der Waals surface area contributed by atoms with Gasteiger partial charge < -0.3 is 5.32 Å². The summed E-state index contributed by atoms with van der Waals surface area (Å²) in [5.41, 5.74) is 0. The maximum atomic E-state index is 10.4. The average molecular weight is 155 g/mol. The van der Waals surface area contributed by atoms with Crippen LogP contribution in [0.1, 0.15) is 20.8 Å². The normalized spacial score (nSPS) is 11.3. The minimum atomic E-state index is 0.108. The number of hydrogen-bond acceptors (Lipinski definition) is 2. The molecular weight excluding hydrogens is 138 g/mol. The van der Waals surface area contributed by atoms with Gasteiger partial charge in [-0.2, -0.15) is 0 Å². The molecule has 0 saturated carbocycles. The van der Waals surface area contributed by atoms with E-state index in [2.05, 4.69) is 19.2 Å². The monoisotopic (exact) mass is 155 g/mol. The van der Waals surface area contributed by atoms with Crippen molar-refractivity contribution in [1.82, 2.24) is 5.32 Å². The number of hydrogen-bond donors (Lipinski definition) is 1. The molecule has 64 valence electrons. The van der Waals surface area contributed by atoms with Crippen molar-refractivity contribution in [3.05, 3.63) is 12.2 Å². The van der Waals surface area contributed by atoms with Gasteiger partial charge in [0.2, 0.25) is 0 Å². The zero-order valence-corrected chi connectivity index (χ0v) is 7.55. The Bertz CT molecular complexity index is 138. The minimum Gasteiger partial charge on any atom is -0.313 e. The van der Waals surface area contributed by atoms with E-state index in [0.29, 0.717) is 5.92 Å². The summed E-state index contributed by atoms with van der Waals surface area (Å²) in [5, 5.41) is 3.20. The molecule has 0 unspecified atom stereocenters. The van der Waals surface area contributed by atoms with E-state index < -0.39 is 0 Å². The summed E-state index contributed by atoms with van der Waals surface area (Å²) >= 11 is 0. The smallest absolute Gasteiger partial charge is 0.152 e. The summed E-state index contributed by atoms with van der Waals surface area (Å²) in [7, 11) is 0. The van der Waals surface area contributed by atoms with Gasteiger partial charge in [0.1, 0.15) is 0 Å². The van der Waals surface area contributed by atoms with Gasteiger partial charge in [-0.3, -0.25) is 4.79 Å². The van der Waals surface area contributed by atoms with E-state index >= 15 is 0 Å². The number of ketones is 1. The quantitative estimate of drug-likeness (QED) is 0.480. The van der Waals surface area contributed by atoms with E-state index in [0.717, 1.165) is 13.1 Å². The molecule has 0 radical (unpaired) electrons. The Morgan fingerprint density at radius 3 is 2.64 bits per heavy atom. The van der Waals surface area contributed by atoms with Crippen molar-refractivity contribution in [1.29, 1.82) is 0 Å². The highest BCUT2D eigenvalue weighted by Crippen LogP contribution is 1.86. The Labute approximate surface area is 68.7 Å². The van der Waals surface area contributed by atoms with Gasteiger partial charge in [0.05, 0.1) is 0 Å². The molecular formula is C9H17NO. The summed E-state index contributed by atoms with van der Waals surface area (Å²) in [4.78, 5) is 10.4. The van der Waals surface area contributed by atoms with Crippen LogP contribution in [0.5, 0.6) is 0 Å². The van der Waals surface area contributed by atoms with Crippen LogP contribution in [0.15, 0.2) is 12.2 Å². The van der Waals surface area contributed by atoms with Gasteiger partial charge in [-0.1, -0.05) is 19.9 Å². The Morgan fingerprint density at radius 1 is 1.55 bits per heavy atom. The van der Waals surface area contributed by atoms with Gasteiger partial charge in [-0.05, 0) is 25.5 Å². The molecule has 2 heteroatoms. The summed E-state index contributed by atoms with van der Waals surface area (Å²) in [6.07, 6.45) is 3.44. The van der Waals surface area contributed by atoms with Crippen LogP contribution in [-0.4, -0.2) is 18.9 Å². The Hall–Kier alpha value is -0.630. The Morgan fingerprint density at radius 2 is 2.18 bits per heavy atom. The van der Waals surface area contributed by atoms with Crippen molar-refractivity contribution in [3.63, 3.8) is 0 Å². The number of carbonyl (C=O) groups excluding carboxylic acids is 1. The third-order valence-electron chi connectivity index (χ3n) is 1.17. The molecule has 0 fully saturated rings. The lowest BCUT2D eigenvalue weighted by Gasteiger charge is -2.03. The maximum Gasteiger partial charge on any atom is 0.152 e. The van der Waals surface area contributed by atoms with Crippen LogP contribution in [0.2, 0.25) is 0 Å². The van der Waals surface area contributed by atoms with Gasteiger partial charge in [0.15, 0.2) is 5.78 Å². The highest BCUT2D eigenvalue weighted by molar-refractivity contribution is 5.87. The Kier molecular flexibility index (Phi) is 5.75. The van der Waals surface area contributed by atoms with Crippen LogP contribution in [0.25, 0.3) is 0 Å². The molecule has 0 saturated heterocycles. The highest BCUT2D eigenvalue weighted by Gasteiger charge is 1.89. The Balaban J connectivity index is 3.21. The van der Waals surface area contributed by atoms with Crippen molar-refractivity contribution in [2.24, 2.45) is 5.92 Å². The molecule has 0 bridgehead atoms. The van der Waals surface area contributed by atoms with E-state index in [-0.39, 0.29) is 5.78 Å². The third-order valence-corrected chi connectivity index (χ3v) is 1.17. The number of allylic oxidation sites excluding steroid dienone is 1. The summed E-state index contributed by atoms with van der Waals surface area (Å²) in [6, 6.07) is 0. The highest BCUT2D eigenvalue weighted by atomic mass is 16.1. The van der Waals surface area contributed by atoms with Crippen LogP contribution in [0.4, 0.5) is 0 Å². The van der Waals surface area contributed by atoms with Crippen LogP contribution < -0.4 is 5.32 Å². The summed E-state index contributed by atoms with van der Waals surface area (Å²) in [5.74, 6) is 0.775. The molecule has 0 atom stereocenters. The SMILES string of the molecule is CC(=O)/C=C/CNCC(C)C. The molecule has 0 aliphatic heterocycles. The van der Waals surface area contributed by atoms with E-state index in [1.165, 1.54) is 0 Å². The molecule has 0 aromatic carbocycles. The van der Waals surface area contributed by atoms with Gasteiger partial charge in [0, 0.05) is 6.54 Å². The lowest BCUT2D eigenvalue weighted by molar-refractivity contribution is -0.112. The first-order chi connectivity index (χ1) is 5.13. The van der Waals surface area contributed by atoms with E-state index in [4.69, 9.17) is 0 Å². The summed E-state index contributed by atoms with van der Waals surface area (Å²) in [6.45, 7) is 7.66. The largest absolute Gasteiger partial charge is 0.313 e. The number of rotatable bonds is 5. The fourth-order valence-electron chi connectivity index (χ4n) is 0.680. The van der Waals surface area contributed by atoms with Gasteiger partial charge >= 0.3 is 0 Å². The zero-order chi connectivity index (χ0) is 8.69. The molecule has 0 rings (SSSR count). The van der Waals surface area contributed by atoms with Crippen LogP contribution in [0.3, 0.4) is 0 Å². The molecule has 0 heterocycles. The minimum absolute atomic E-state index is 0.108. The van der Waals surface area contributed by atoms with E-state index in [9.17, 15) is 4.79 Å². The van der Waals surface area contributed by atoms with Gasteiger partial charge in [-0.15, -0.1) is 0 Å². The van der Waals surface area contributed by atoms with Crippen molar-refractivity contribution in [2.45, 2.75) is 20.8 Å². The van der Waals surface area contributed by atoms with Crippen LogP contribution in [0, 0.1) is 5.92 Å². The zero-order valence-electron chi connectivity index (χ0n) is 7.55. The van der Waals surface area contributed by atoms with Crippen LogP contribution >= 0.6 is 0 Å². The molecule has 0 spiro atoms. The van der Waals surface area contributed by atoms with E-state index in [1.807, 2.05) is 6.08 Å². The standard InChI is InChI=1S/C9H17NO/c1-8(2)7-10-6-4-5-9(3)11/h4-5,8,10H,6-7H2,1-3H3/b5-4+. The average Bonchev–Trinajstić information content (AvgIpc) is 1.85. The number of carbonyl (C=O) groups is 1. The lowest BCUT2D eigenvalue weighted by Crippen LogP contribution is -2.19. The summed E-state index contributed by atoms with van der Waals surface area (Å²) < 4.78 is 0. The first-order valence-electron chi connectivity index (χ1n) is 4.00. The maximum absolute atomic E-state index is 10.4. The predicted octanol–water partition coefficient (Wildman–Crippen LogP) is 1.38. The van der Waals surface area contributed by atoms with Crippen LogP contribution in [-0.2, 0) is 4.79 Å². The second kappa shape index (κ2) is 6.10. The van der Waals surface area contributed by atoms with Crippen molar-refractivity contribution < 1.29 is 4.79 Å². The first-order valence-corrected chi connectivity index (χ1v) is 4.00. The molecule has 1 N–H and O–H groups in total. The molecule has 11 heavy (non-hydrogen) atoms. The molecule has 2 nitrogen and oxygen atoms in total. The topological polar surface area (TPSA) is 29.1 Å². The van der Waals surface area contributed by atoms with Crippen molar-refractivity contribution >= 4 is 5.78 Å². The lowest BCUT2D eigenvalue weighted by atomic mass is 10.2. The van der Waals surface area contributed by atoms with Gasteiger partial charge in [0.25, 0.3) is 0 Å². The van der Waals surface area contributed by atoms with Crippen molar-refractivity contribution in [3.8, 4) is 0 Å². The molecule has 0 aliphatic rings. The predicted molar refractivity (Wildman–Crippen MR) is 47.5 cm³/mol. The van der Waals surface area contributed by atoms with Gasteiger partial charge in [-0.25, -0.2) is 0 Å². The second-order valence-electron chi connectivity index (χ2n) is 3.07. The van der Waals surface area contributed by atoms with E-state index in [1.54, 1.807) is 13.0 Å². The fourth-order valence-corrected chi connectivity index (χ4v) is 0.680. The molecule has 0 aliphatic carbocycles. The molecule has 0 aromatic heterocycles. The van der Waals surface area contributed by atoms with Crippen molar-refractivity contribution in [2.75, 3.05) is 13.1 Å². The molecule has 0 amide bonds. The molecule has 0 aromatic rings. The number of nitrogens with one attached hydrogen (secondary N) is 1.